The molecule has 94 valence electrons. The van der Waals surface area contributed by atoms with Crippen LogP contribution in [0.15, 0.2) is 48.5 Å². The van der Waals surface area contributed by atoms with Crippen molar-refractivity contribution in [2.24, 2.45) is 0 Å². The van der Waals surface area contributed by atoms with Gasteiger partial charge < -0.3 is 4.57 Å². The predicted molar refractivity (Wildman–Crippen MR) is 80.3 cm³/mol. The lowest BCUT2D eigenvalue weighted by Crippen LogP contribution is -2.04. The van der Waals surface area contributed by atoms with Gasteiger partial charge in [-0.05, 0) is 30.2 Å². The van der Waals surface area contributed by atoms with Crippen LogP contribution >= 0.6 is 11.8 Å². The second kappa shape index (κ2) is 4.14. The van der Waals surface area contributed by atoms with Gasteiger partial charge in [0, 0.05) is 0 Å². The van der Waals surface area contributed by atoms with Gasteiger partial charge in [0.25, 0.3) is 0 Å². The minimum absolute atomic E-state index is 0.364. The summed E-state index contributed by atoms with van der Waals surface area (Å²) in [7, 11) is 0. The Hall–Kier alpha value is -1.74. The van der Waals surface area contributed by atoms with Gasteiger partial charge in [0.2, 0.25) is 0 Å². The van der Waals surface area contributed by atoms with Crippen molar-refractivity contribution in [1.29, 1.82) is 0 Å². The first-order chi connectivity index (χ1) is 9.34. The quantitative estimate of drug-likeness (QED) is 0.659. The van der Waals surface area contributed by atoms with Crippen LogP contribution in [0, 0.1) is 6.92 Å². The third-order valence-corrected chi connectivity index (χ3v) is 4.93. The number of aromatic nitrogens is 2. The maximum atomic E-state index is 4.74. The summed E-state index contributed by atoms with van der Waals surface area (Å²) in [6.07, 6.45) is 0. The van der Waals surface area contributed by atoms with Gasteiger partial charge >= 0.3 is 0 Å². The fourth-order valence-corrected chi connectivity index (χ4v) is 4.12. The molecule has 2 nitrogen and oxygen atoms in total. The zero-order chi connectivity index (χ0) is 12.8. The van der Waals surface area contributed by atoms with Crippen molar-refractivity contribution in [1.82, 2.24) is 9.55 Å². The molecule has 1 atom stereocenters. The topological polar surface area (TPSA) is 17.8 Å². The third kappa shape index (κ3) is 1.61. The minimum atomic E-state index is 0.364. The molecule has 0 radical (unpaired) electrons. The van der Waals surface area contributed by atoms with Crippen LogP contribution in [0.2, 0.25) is 0 Å². The van der Waals surface area contributed by atoms with E-state index in [1.807, 2.05) is 11.8 Å². The Balaban J connectivity index is 1.94. The highest BCUT2D eigenvalue weighted by atomic mass is 32.2. The van der Waals surface area contributed by atoms with E-state index in [4.69, 9.17) is 4.98 Å². The molecule has 19 heavy (non-hydrogen) atoms. The Morgan fingerprint density at radius 3 is 2.79 bits per heavy atom. The standard InChI is InChI=1S/C16H14N2S/c1-11-6-2-3-7-12(11)16-18-14-9-5-4-8-13(14)17-15(18)10-19-16/h2-9,16H,10H2,1H3. The minimum Gasteiger partial charge on any atom is -0.310 e. The molecule has 1 aliphatic heterocycles. The SMILES string of the molecule is Cc1ccccc1C1SCc2nc3ccccc3n21. The largest absolute Gasteiger partial charge is 0.310 e. The number of rotatable bonds is 1. The van der Waals surface area contributed by atoms with E-state index in [9.17, 15) is 0 Å². The summed E-state index contributed by atoms with van der Waals surface area (Å²) in [5, 5.41) is 0.364. The zero-order valence-electron chi connectivity index (χ0n) is 10.7. The van der Waals surface area contributed by atoms with Crippen LogP contribution in [0.5, 0.6) is 0 Å². The van der Waals surface area contributed by atoms with Crippen LogP contribution in [0.1, 0.15) is 22.3 Å². The molecule has 0 bridgehead atoms. The van der Waals surface area contributed by atoms with Crippen LogP contribution in [-0.2, 0) is 5.75 Å². The molecule has 1 unspecified atom stereocenters. The lowest BCUT2D eigenvalue weighted by Gasteiger charge is -2.16. The van der Waals surface area contributed by atoms with E-state index in [2.05, 4.69) is 60.0 Å². The van der Waals surface area contributed by atoms with Gasteiger partial charge in [-0.3, -0.25) is 0 Å². The highest BCUT2D eigenvalue weighted by Crippen LogP contribution is 2.43. The molecule has 2 heterocycles. The molecule has 0 spiro atoms. The Bertz CT molecular complexity index is 760. The molecule has 0 N–H and O–H groups in total. The van der Waals surface area contributed by atoms with Crippen molar-refractivity contribution >= 4 is 22.8 Å². The molecule has 0 saturated carbocycles. The molecule has 0 fully saturated rings. The average molecular weight is 266 g/mol. The van der Waals surface area contributed by atoms with Crippen molar-refractivity contribution in [2.75, 3.05) is 0 Å². The number of nitrogens with zero attached hydrogens (tertiary/aromatic N) is 2. The number of aryl methyl sites for hydroxylation is 1. The molecule has 0 amide bonds. The average Bonchev–Trinajstić information content (AvgIpc) is 2.98. The lowest BCUT2D eigenvalue weighted by atomic mass is 10.1. The molecule has 1 aromatic heterocycles. The Kier molecular flexibility index (Phi) is 2.42. The fraction of sp³-hybridized carbons (Fsp3) is 0.188. The fourth-order valence-electron chi connectivity index (χ4n) is 2.78. The summed E-state index contributed by atoms with van der Waals surface area (Å²) < 4.78 is 2.39. The van der Waals surface area contributed by atoms with E-state index < -0.39 is 0 Å². The summed E-state index contributed by atoms with van der Waals surface area (Å²) in [6, 6.07) is 17.1. The van der Waals surface area contributed by atoms with E-state index in [0.717, 1.165) is 11.3 Å². The van der Waals surface area contributed by atoms with Crippen LogP contribution < -0.4 is 0 Å². The summed E-state index contributed by atoms with van der Waals surface area (Å²) in [5.41, 5.74) is 5.10. The van der Waals surface area contributed by atoms with Gasteiger partial charge in [0.1, 0.15) is 11.2 Å². The monoisotopic (exact) mass is 266 g/mol. The van der Waals surface area contributed by atoms with Gasteiger partial charge in [-0.1, -0.05) is 36.4 Å². The molecule has 1 aliphatic rings. The number of fused-ring (bicyclic) bond motifs is 3. The van der Waals surface area contributed by atoms with Gasteiger partial charge in [-0.15, -0.1) is 11.8 Å². The van der Waals surface area contributed by atoms with E-state index in [-0.39, 0.29) is 0 Å². The molecule has 0 aliphatic carbocycles. The summed E-state index contributed by atoms with van der Waals surface area (Å²) >= 11 is 1.96. The van der Waals surface area contributed by atoms with E-state index >= 15 is 0 Å². The van der Waals surface area contributed by atoms with Crippen LogP contribution in [0.25, 0.3) is 11.0 Å². The third-order valence-electron chi connectivity index (χ3n) is 3.73. The first-order valence-electron chi connectivity index (χ1n) is 6.47. The highest BCUT2D eigenvalue weighted by Gasteiger charge is 2.28. The molecular formula is C16H14N2S. The van der Waals surface area contributed by atoms with Gasteiger partial charge in [-0.2, -0.15) is 0 Å². The number of hydrogen-bond donors (Lipinski definition) is 0. The summed E-state index contributed by atoms with van der Waals surface area (Å²) in [6.45, 7) is 2.19. The van der Waals surface area contributed by atoms with E-state index in [1.54, 1.807) is 0 Å². The number of hydrogen-bond acceptors (Lipinski definition) is 2. The molecule has 2 aromatic carbocycles. The number of thioether (sulfide) groups is 1. The molecular weight excluding hydrogens is 252 g/mol. The van der Waals surface area contributed by atoms with Crippen molar-refractivity contribution in [3.63, 3.8) is 0 Å². The van der Waals surface area contributed by atoms with Crippen LogP contribution in [0.4, 0.5) is 0 Å². The normalized spacial score (nSPS) is 17.8. The molecule has 0 saturated heterocycles. The molecule has 4 rings (SSSR count). The van der Waals surface area contributed by atoms with Crippen molar-refractivity contribution in [3.8, 4) is 0 Å². The predicted octanol–water partition coefficient (Wildman–Crippen LogP) is 4.14. The summed E-state index contributed by atoms with van der Waals surface area (Å²) in [5.74, 6) is 2.19. The Morgan fingerprint density at radius 1 is 1.11 bits per heavy atom. The van der Waals surface area contributed by atoms with Gasteiger partial charge in [0.05, 0.1) is 16.8 Å². The van der Waals surface area contributed by atoms with Gasteiger partial charge in [0.15, 0.2) is 0 Å². The number of para-hydroxylation sites is 2. The van der Waals surface area contributed by atoms with Crippen LogP contribution in [0.3, 0.4) is 0 Å². The highest BCUT2D eigenvalue weighted by molar-refractivity contribution is 7.99. The smallest absolute Gasteiger partial charge is 0.121 e. The molecule has 3 heteroatoms. The second-order valence-corrected chi connectivity index (χ2v) is 5.98. The van der Waals surface area contributed by atoms with Crippen molar-refractivity contribution < 1.29 is 0 Å². The van der Waals surface area contributed by atoms with Crippen molar-refractivity contribution in [3.05, 3.63) is 65.5 Å². The van der Waals surface area contributed by atoms with Crippen LogP contribution in [-0.4, -0.2) is 9.55 Å². The number of benzene rings is 2. The second-order valence-electron chi connectivity index (χ2n) is 4.91. The Morgan fingerprint density at radius 2 is 1.89 bits per heavy atom. The Labute approximate surface area is 116 Å². The lowest BCUT2D eigenvalue weighted by molar-refractivity contribution is 0.789. The molecule has 3 aromatic rings. The maximum absolute atomic E-state index is 4.74. The van der Waals surface area contributed by atoms with E-state index in [0.29, 0.717) is 5.37 Å². The number of imidazole rings is 1. The van der Waals surface area contributed by atoms with E-state index in [1.165, 1.54) is 22.5 Å². The zero-order valence-corrected chi connectivity index (χ0v) is 11.5. The first-order valence-corrected chi connectivity index (χ1v) is 7.52. The maximum Gasteiger partial charge on any atom is 0.121 e. The van der Waals surface area contributed by atoms with Gasteiger partial charge in [-0.25, -0.2) is 4.98 Å². The first kappa shape index (κ1) is 11.1. The summed E-state index contributed by atoms with van der Waals surface area (Å²) in [4.78, 5) is 4.74. The van der Waals surface area contributed by atoms with Crippen molar-refractivity contribution in [2.45, 2.75) is 18.1 Å².